The maximum absolute atomic E-state index is 13.1. The van der Waals surface area contributed by atoms with E-state index in [9.17, 15) is 12.8 Å². The van der Waals surface area contributed by atoms with Gasteiger partial charge in [-0.3, -0.25) is 4.55 Å². The van der Waals surface area contributed by atoms with Gasteiger partial charge in [0.15, 0.2) is 0 Å². The summed E-state index contributed by atoms with van der Waals surface area (Å²) < 4.78 is 42.2. The zero-order valence-corrected chi connectivity index (χ0v) is 9.47. The highest BCUT2D eigenvalue weighted by atomic mass is 32.2. The molecule has 0 aromatic carbocycles. The van der Waals surface area contributed by atoms with E-state index in [-0.39, 0.29) is 6.54 Å². The van der Waals surface area contributed by atoms with Crippen LogP contribution in [0.2, 0.25) is 0 Å². The molecule has 6 heteroatoms. The Morgan fingerprint density at radius 2 is 1.93 bits per heavy atom. The van der Waals surface area contributed by atoms with Crippen molar-refractivity contribution in [2.75, 3.05) is 12.3 Å². The fourth-order valence-electron chi connectivity index (χ4n) is 1.89. The molecule has 15 heavy (non-hydrogen) atoms. The first-order valence-corrected chi connectivity index (χ1v) is 6.91. The molecule has 0 aromatic heterocycles. The van der Waals surface area contributed by atoms with E-state index in [4.69, 9.17) is 4.55 Å². The van der Waals surface area contributed by atoms with Crippen molar-refractivity contribution >= 4 is 10.1 Å². The second-order valence-electron chi connectivity index (χ2n) is 4.09. The van der Waals surface area contributed by atoms with Crippen LogP contribution in [0.3, 0.4) is 0 Å². The van der Waals surface area contributed by atoms with Crippen LogP contribution in [0.1, 0.15) is 32.1 Å². The van der Waals surface area contributed by atoms with Crippen LogP contribution in [-0.2, 0) is 10.1 Å². The smallest absolute Gasteiger partial charge is 0.267 e. The predicted octanol–water partition coefficient (Wildman–Crippen LogP) is 1.13. The van der Waals surface area contributed by atoms with Crippen molar-refractivity contribution in [3.63, 3.8) is 0 Å². The number of nitrogens with one attached hydrogen (secondary N) is 1. The summed E-state index contributed by atoms with van der Waals surface area (Å²) >= 11 is 0. The number of alkyl halides is 1. The van der Waals surface area contributed by atoms with Gasteiger partial charge in [-0.2, -0.15) is 8.42 Å². The zero-order chi connectivity index (χ0) is 11.3. The number of rotatable bonds is 5. The quantitative estimate of drug-likeness (QED) is 0.706. The minimum atomic E-state index is -4.19. The van der Waals surface area contributed by atoms with Crippen molar-refractivity contribution in [1.82, 2.24) is 5.32 Å². The average Bonchev–Trinajstić information content (AvgIpc) is 2.14. The molecule has 4 nitrogen and oxygen atoms in total. The highest BCUT2D eigenvalue weighted by molar-refractivity contribution is 7.85. The third-order valence-corrected chi connectivity index (χ3v) is 3.41. The van der Waals surface area contributed by atoms with Gasteiger partial charge < -0.3 is 5.32 Å². The molecule has 1 aliphatic carbocycles. The van der Waals surface area contributed by atoms with Gasteiger partial charge in [-0.1, -0.05) is 19.3 Å². The second-order valence-corrected chi connectivity index (χ2v) is 5.59. The maximum atomic E-state index is 13.1. The lowest BCUT2D eigenvalue weighted by molar-refractivity contribution is 0.298. The fourth-order valence-corrected chi connectivity index (χ4v) is 2.46. The molecule has 0 spiro atoms. The summed E-state index contributed by atoms with van der Waals surface area (Å²) in [6.07, 6.45) is 4.04. The molecule has 1 atom stereocenters. The summed E-state index contributed by atoms with van der Waals surface area (Å²) in [5, 5.41) is 2.99. The first-order chi connectivity index (χ1) is 6.97. The van der Waals surface area contributed by atoms with Gasteiger partial charge >= 0.3 is 0 Å². The van der Waals surface area contributed by atoms with Crippen LogP contribution in [0.5, 0.6) is 0 Å². The lowest BCUT2D eigenvalue weighted by Crippen LogP contribution is -2.37. The van der Waals surface area contributed by atoms with Gasteiger partial charge in [0, 0.05) is 12.6 Å². The topological polar surface area (TPSA) is 66.4 Å². The Morgan fingerprint density at radius 3 is 2.47 bits per heavy atom. The molecule has 0 unspecified atom stereocenters. The first-order valence-electron chi connectivity index (χ1n) is 5.30. The SMILES string of the molecule is O=S(=O)(O)C[C@@H](F)CNC1CCCCC1. The van der Waals surface area contributed by atoms with E-state index in [1.54, 1.807) is 0 Å². The van der Waals surface area contributed by atoms with E-state index in [0.29, 0.717) is 6.04 Å². The average molecular weight is 239 g/mol. The third kappa shape index (κ3) is 6.06. The van der Waals surface area contributed by atoms with Crippen LogP contribution in [-0.4, -0.2) is 37.5 Å². The standard InChI is InChI=1S/C9H18FNO3S/c10-8(7-15(12,13)14)6-11-9-4-2-1-3-5-9/h8-9,11H,1-7H2,(H,12,13,14)/t8-/m0/s1. The molecular formula is C9H18FNO3S. The molecule has 0 radical (unpaired) electrons. The first kappa shape index (κ1) is 12.9. The Hall–Kier alpha value is -0.200. The van der Waals surface area contributed by atoms with Crippen molar-refractivity contribution in [3.8, 4) is 0 Å². The van der Waals surface area contributed by atoms with Crippen LogP contribution in [0.4, 0.5) is 4.39 Å². The lowest BCUT2D eigenvalue weighted by atomic mass is 9.95. The van der Waals surface area contributed by atoms with Crippen molar-refractivity contribution < 1.29 is 17.4 Å². The predicted molar refractivity (Wildman–Crippen MR) is 56.2 cm³/mol. The van der Waals surface area contributed by atoms with E-state index in [2.05, 4.69) is 5.32 Å². The summed E-state index contributed by atoms with van der Waals surface area (Å²) in [6.45, 7) is 0.00442. The minimum absolute atomic E-state index is 0.00442. The van der Waals surface area contributed by atoms with Gasteiger partial charge in [-0.25, -0.2) is 4.39 Å². The van der Waals surface area contributed by atoms with E-state index in [1.165, 1.54) is 6.42 Å². The van der Waals surface area contributed by atoms with Crippen molar-refractivity contribution in [2.24, 2.45) is 0 Å². The summed E-state index contributed by atoms with van der Waals surface area (Å²) in [4.78, 5) is 0. The zero-order valence-electron chi connectivity index (χ0n) is 8.65. The Bertz CT molecular complexity index is 275. The van der Waals surface area contributed by atoms with E-state index in [0.717, 1.165) is 25.7 Å². The van der Waals surface area contributed by atoms with E-state index in [1.807, 2.05) is 0 Å². The minimum Gasteiger partial charge on any atom is -0.311 e. The van der Waals surface area contributed by atoms with E-state index < -0.39 is 22.0 Å². The number of halogens is 1. The molecule has 0 saturated heterocycles. The van der Waals surface area contributed by atoms with Crippen molar-refractivity contribution in [2.45, 2.75) is 44.3 Å². The second kappa shape index (κ2) is 5.77. The van der Waals surface area contributed by atoms with Gasteiger partial charge in [-0.05, 0) is 12.8 Å². The van der Waals surface area contributed by atoms with Crippen LogP contribution in [0, 0.1) is 0 Å². The molecule has 0 amide bonds. The molecule has 90 valence electrons. The van der Waals surface area contributed by atoms with E-state index >= 15 is 0 Å². The lowest BCUT2D eigenvalue weighted by Gasteiger charge is -2.23. The maximum Gasteiger partial charge on any atom is 0.267 e. The Morgan fingerprint density at radius 1 is 1.33 bits per heavy atom. The molecule has 1 fully saturated rings. The van der Waals surface area contributed by atoms with Gasteiger partial charge in [0.05, 0.1) is 0 Å². The molecule has 1 aliphatic rings. The Balaban J connectivity index is 2.18. The molecular weight excluding hydrogens is 221 g/mol. The monoisotopic (exact) mass is 239 g/mol. The summed E-state index contributed by atoms with van der Waals surface area (Å²) in [6, 6.07) is 0.304. The molecule has 1 rings (SSSR count). The fraction of sp³-hybridized carbons (Fsp3) is 1.00. The Labute approximate surface area is 90.0 Å². The molecule has 2 N–H and O–H groups in total. The van der Waals surface area contributed by atoms with Crippen molar-refractivity contribution in [3.05, 3.63) is 0 Å². The summed E-state index contributed by atoms with van der Waals surface area (Å²) in [5.41, 5.74) is 0. The normalized spacial score (nSPS) is 21.5. The molecule has 1 saturated carbocycles. The molecule has 0 aliphatic heterocycles. The van der Waals surface area contributed by atoms with Crippen LogP contribution >= 0.6 is 0 Å². The van der Waals surface area contributed by atoms with Gasteiger partial charge in [-0.15, -0.1) is 0 Å². The third-order valence-electron chi connectivity index (χ3n) is 2.62. The highest BCUT2D eigenvalue weighted by Gasteiger charge is 2.18. The number of hydrogen-bond donors (Lipinski definition) is 2. The van der Waals surface area contributed by atoms with Crippen molar-refractivity contribution in [1.29, 1.82) is 0 Å². The number of hydrogen-bond acceptors (Lipinski definition) is 3. The summed E-state index contributed by atoms with van der Waals surface area (Å²) in [5.74, 6) is -0.813. The van der Waals surface area contributed by atoms with Crippen LogP contribution in [0.25, 0.3) is 0 Å². The van der Waals surface area contributed by atoms with Gasteiger partial charge in [0.25, 0.3) is 10.1 Å². The largest absolute Gasteiger partial charge is 0.311 e. The van der Waals surface area contributed by atoms with Gasteiger partial charge in [0.1, 0.15) is 11.9 Å². The molecule has 0 aromatic rings. The Kier molecular flexibility index (Phi) is 4.95. The molecule has 0 heterocycles. The van der Waals surface area contributed by atoms with Crippen LogP contribution in [0.15, 0.2) is 0 Å². The van der Waals surface area contributed by atoms with Crippen LogP contribution < -0.4 is 5.32 Å². The van der Waals surface area contributed by atoms with Gasteiger partial charge in [0.2, 0.25) is 0 Å². The summed E-state index contributed by atoms with van der Waals surface area (Å²) in [7, 11) is -4.19. The molecule has 0 bridgehead atoms. The highest BCUT2D eigenvalue weighted by Crippen LogP contribution is 2.17.